The van der Waals surface area contributed by atoms with E-state index in [-0.39, 0.29) is 7.53 Å². The van der Waals surface area contributed by atoms with Crippen LogP contribution in [0.25, 0.3) is 5.30 Å². The number of hydrogen-bond donors (Lipinski definition) is 0. The molecule has 3 heteroatoms. The second kappa shape index (κ2) is 5.44. The van der Waals surface area contributed by atoms with E-state index in [9.17, 15) is 0 Å². The molecule has 2 aromatic rings. The Labute approximate surface area is 114 Å². The molecule has 0 spiro atoms. The van der Waals surface area contributed by atoms with Gasteiger partial charge in [-0.3, -0.25) is 0 Å². The van der Waals surface area contributed by atoms with Crippen molar-refractivity contribution in [2.45, 2.75) is 13.8 Å². The average molecular weight is 414 g/mol. The maximum absolute atomic E-state index is 5.48. The predicted octanol–water partition coefficient (Wildman–Crippen LogP) is 3.95. The molecule has 1 heterocycles. The molecule has 1 aromatic heterocycles. The molecule has 1 atom stereocenters. The quantitative estimate of drug-likeness (QED) is 0.740. The zero-order valence-electron chi connectivity index (χ0n) is 10.2. The van der Waals surface area contributed by atoms with Gasteiger partial charge < -0.3 is 0 Å². The molecule has 2 rings (SSSR count). The van der Waals surface area contributed by atoms with Crippen LogP contribution >= 0.6 is 7.53 Å². The molecule has 88 valence electrons. The number of hydrogen-bond acceptors (Lipinski definition) is 1. The van der Waals surface area contributed by atoms with Crippen LogP contribution < -0.4 is 0 Å². The minimum atomic E-state index is -0.351. The third-order valence-corrected chi connectivity index (χ3v) is 7.37. The topological polar surface area (TPSA) is 9.23 Å². The van der Waals surface area contributed by atoms with Gasteiger partial charge in [-0.25, -0.2) is 0 Å². The number of methoxy groups -OCH3 is 1. The molecule has 17 heavy (non-hydrogen) atoms. The van der Waals surface area contributed by atoms with Gasteiger partial charge in [-0.1, -0.05) is 0 Å². The molecule has 0 radical (unpaired) electrons. The van der Waals surface area contributed by atoms with Gasteiger partial charge >= 0.3 is 115 Å². The van der Waals surface area contributed by atoms with Crippen LogP contribution in [-0.4, -0.2) is 11.2 Å². The molecule has 0 saturated heterocycles. The second-order valence-corrected chi connectivity index (χ2v) is 7.28. The Balaban J connectivity index is 2.62. The molecule has 0 aliphatic carbocycles. The van der Waals surface area contributed by atoms with Gasteiger partial charge in [0.1, 0.15) is 0 Å². The molecule has 1 nitrogen and oxygen atoms in total. The van der Waals surface area contributed by atoms with E-state index < -0.39 is 0 Å². The third kappa shape index (κ3) is 2.52. The first-order valence-electron chi connectivity index (χ1n) is 5.47. The zero-order valence-corrected chi connectivity index (χ0v) is 14.1. The first kappa shape index (κ1) is 13.0. The molecule has 1 aromatic carbocycles. The standard InChI is InChI=1S/C14H15OP.W/c1-11-10-16(13-7-5-4-6-8-13)14(9-15-3)12(11)2;/h4-8,10H,1-3H3;. The van der Waals surface area contributed by atoms with Crippen LogP contribution in [0.1, 0.15) is 16.4 Å². The molecule has 0 fully saturated rings. The van der Waals surface area contributed by atoms with Gasteiger partial charge in [-0.05, 0) is 0 Å². The van der Waals surface area contributed by atoms with E-state index in [2.05, 4.69) is 50.0 Å². The summed E-state index contributed by atoms with van der Waals surface area (Å²) in [5.74, 6) is 2.40. The summed E-state index contributed by atoms with van der Waals surface area (Å²) in [6, 6.07) is 10.7. The van der Waals surface area contributed by atoms with Gasteiger partial charge in [-0.2, -0.15) is 0 Å². The first-order chi connectivity index (χ1) is 8.15. The fraction of sp³-hybridized carbons (Fsp3) is 0.214. The fourth-order valence-corrected chi connectivity index (χ4v) is 5.91. The fourth-order valence-electron chi connectivity index (χ4n) is 1.86. The average Bonchev–Trinajstić information content (AvgIpc) is 2.66. The molecular weight excluding hydrogens is 399 g/mol. The SMILES string of the molecule is CO[C](=[W])c1c(C)c(C)cp1-c1ccccc1. The molecule has 0 bridgehead atoms. The Morgan fingerprint density at radius 1 is 1.18 bits per heavy atom. The van der Waals surface area contributed by atoms with Crippen molar-refractivity contribution in [2.75, 3.05) is 7.11 Å². The van der Waals surface area contributed by atoms with Crippen molar-refractivity contribution in [3.05, 3.63) is 52.6 Å². The Morgan fingerprint density at radius 2 is 1.82 bits per heavy atom. The van der Waals surface area contributed by atoms with E-state index in [4.69, 9.17) is 4.74 Å². The van der Waals surface area contributed by atoms with Gasteiger partial charge in [0.05, 0.1) is 0 Å². The second-order valence-electron chi connectivity index (χ2n) is 3.98. The molecule has 1 unspecified atom stereocenters. The Bertz CT molecular complexity index is 543. The molecule has 0 N–H and O–H groups in total. The van der Waals surface area contributed by atoms with Crippen LogP contribution in [0.3, 0.4) is 0 Å². The maximum atomic E-state index is 5.48. The summed E-state index contributed by atoms with van der Waals surface area (Å²) < 4.78 is 6.61. The molecule has 0 aliphatic rings. The molecule has 0 saturated carbocycles. The van der Waals surface area contributed by atoms with Crippen LogP contribution in [0.15, 0.2) is 36.1 Å². The van der Waals surface area contributed by atoms with E-state index in [0.717, 1.165) is 4.08 Å². The van der Waals surface area contributed by atoms with E-state index >= 15 is 0 Å². The number of rotatable bonds is 3. The summed E-state index contributed by atoms with van der Waals surface area (Å²) in [6.45, 7) is 4.40. The van der Waals surface area contributed by atoms with Gasteiger partial charge in [0, 0.05) is 0 Å². The van der Waals surface area contributed by atoms with Gasteiger partial charge in [0.25, 0.3) is 0 Å². The van der Waals surface area contributed by atoms with E-state index in [1.807, 2.05) is 0 Å². The van der Waals surface area contributed by atoms with Crippen LogP contribution in [0.5, 0.6) is 0 Å². The van der Waals surface area contributed by atoms with Crippen molar-refractivity contribution in [3.8, 4) is 5.30 Å². The summed E-state index contributed by atoms with van der Waals surface area (Å²) in [6.07, 6.45) is 0. The van der Waals surface area contributed by atoms with Crippen LogP contribution in [-0.2, 0) is 24.1 Å². The first-order valence-corrected chi connectivity index (χ1v) is 8.35. The van der Waals surface area contributed by atoms with E-state index in [1.54, 1.807) is 7.11 Å². The van der Waals surface area contributed by atoms with Crippen molar-refractivity contribution >= 4 is 11.6 Å². The Morgan fingerprint density at radius 3 is 2.41 bits per heavy atom. The third-order valence-electron chi connectivity index (χ3n) is 2.92. The summed E-state index contributed by atoms with van der Waals surface area (Å²) in [4.78, 5) is 0. The van der Waals surface area contributed by atoms with Gasteiger partial charge in [-0.15, -0.1) is 0 Å². The van der Waals surface area contributed by atoms with Gasteiger partial charge in [0.2, 0.25) is 0 Å². The molecule has 0 aliphatic heterocycles. The van der Waals surface area contributed by atoms with Crippen LogP contribution in [0, 0.1) is 13.8 Å². The van der Waals surface area contributed by atoms with Crippen molar-refractivity contribution < 1.29 is 24.1 Å². The summed E-state index contributed by atoms with van der Waals surface area (Å²) in [5, 5.41) is 2.82. The number of ether oxygens (including phenoxy) is 1. The van der Waals surface area contributed by atoms with E-state index in [1.165, 1.54) is 41.1 Å². The normalized spacial score (nSPS) is 11.6. The van der Waals surface area contributed by atoms with Crippen molar-refractivity contribution in [3.63, 3.8) is 0 Å². The van der Waals surface area contributed by atoms with Gasteiger partial charge in [0.15, 0.2) is 0 Å². The minimum absolute atomic E-state index is 0.351. The molecule has 0 amide bonds. The number of benzene rings is 1. The summed E-state index contributed by atoms with van der Waals surface area (Å²) in [5.41, 5.74) is 2.79. The summed E-state index contributed by atoms with van der Waals surface area (Å²) >= 11 is 1.41. The molecular formula is C14H15OPW. The van der Waals surface area contributed by atoms with E-state index in [0.29, 0.717) is 0 Å². The zero-order chi connectivity index (χ0) is 12.4. The monoisotopic (exact) mass is 414 g/mol. The van der Waals surface area contributed by atoms with Crippen molar-refractivity contribution in [1.29, 1.82) is 0 Å². The predicted molar refractivity (Wildman–Crippen MR) is 71.1 cm³/mol. The van der Waals surface area contributed by atoms with Crippen LogP contribution in [0.2, 0.25) is 0 Å². The number of aryl methyl sites for hydroxylation is 1. The summed E-state index contributed by atoms with van der Waals surface area (Å²) in [7, 11) is 1.42. The van der Waals surface area contributed by atoms with Crippen LogP contribution in [0.4, 0.5) is 0 Å². The van der Waals surface area contributed by atoms with Crippen molar-refractivity contribution in [1.82, 2.24) is 0 Å². The Hall–Kier alpha value is -0.482. The van der Waals surface area contributed by atoms with Crippen molar-refractivity contribution in [2.24, 2.45) is 0 Å². The Kier molecular flexibility index (Phi) is 4.15.